The van der Waals surface area contributed by atoms with Gasteiger partial charge in [-0.3, -0.25) is 0 Å². The first-order valence-corrected chi connectivity index (χ1v) is 10.3. The zero-order chi connectivity index (χ0) is 16.6. The van der Waals surface area contributed by atoms with Crippen LogP contribution in [-0.2, 0) is 18.9 Å². The monoisotopic (exact) mass is 348 g/mol. The molecule has 0 heterocycles. The number of ether oxygens (including phenoxy) is 4. The quantitative estimate of drug-likeness (QED) is 0.248. The summed E-state index contributed by atoms with van der Waals surface area (Å²) in [5.74, 6) is -0.103. The Hall–Kier alpha value is 0.194. The van der Waals surface area contributed by atoms with Gasteiger partial charge < -0.3 is 29.6 Å². The minimum absolute atomic E-state index is 0.0517. The summed E-state index contributed by atoms with van der Waals surface area (Å²) >= 11 is 0. The van der Waals surface area contributed by atoms with E-state index >= 15 is 0 Å². The second-order valence-electron chi connectivity index (χ2n) is 4.85. The maximum absolute atomic E-state index is 5.70. The molecule has 2 N–H and O–H groups in total. The first-order chi connectivity index (χ1) is 10.7. The Kier molecular flexibility index (Phi) is 16.2. The van der Waals surface area contributed by atoms with E-state index in [0.29, 0.717) is 25.6 Å². The molecule has 0 spiro atoms. The lowest BCUT2D eigenvalue weighted by Gasteiger charge is -2.22. The number of nitrogens with two attached hydrogens (primary N) is 1. The Balaban J connectivity index is 3.76. The van der Waals surface area contributed by atoms with Crippen molar-refractivity contribution in [3.63, 3.8) is 0 Å². The largest absolute Gasteiger partial charge is 0.360 e. The fraction of sp³-hybridized carbons (Fsp3) is 1.00. The molecule has 4 radical (unpaired) electrons. The molecule has 0 fully saturated rings. The van der Waals surface area contributed by atoms with Gasteiger partial charge in [-0.2, -0.15) is 0 Å². The van der Waals surface area contributed by atoms with E-state index in [2.05, 4.69) is 4.90 Å². The van der Waals surface area contributed by atoms with E-state index in [0.717, 1.165) is 44.6 Å². The molecule has 0 aromatic rings. The first-order valence-electron chi connectivity index (χ1n) is 7.72. The van der Waals surface area contributed by atoms with Crippen molar-refractivity contribution in [1.29, 1.82) is 0 Å². The lowest BCUT2D eigenvalue weighted by atomic mass is 10.3. The predicted octanol–water partition coefficient (Wildman–Crippen LogP) is 0.425. The van der Waals surface area contributed by atoms with E-state index in [1.54, 1.807) is 28.4 Å². The van der Waals surface area contributed by atoms with Crippen LogP contribution in [0.2, 0.25) is 12.1 Å². The van der Waals surface area contributed by atoms with E-state index in [1.807, 2.05) is 0 Å². The number of hydrogen-bond donors (Lipinski definition) is 1. The fourth-order valence-electron chi connectivity index (χ4n) is 2.09. The van der Waals surface area contributed by atoms with Crippen LogP contribution in [-0.4, -0.2) is 90.4 Å². The smallest absolute Gasteiger partial charge is 0.136 e. The molecule has 130 valence electrons. The zero-order valence-corrected chi connectivity index (χ0v) is 16.5. The van der Waals surface area contributed by atoms with Crippen molar-refractivity contribution < 1.29 is 18.9 Å². The van der Waals surface area contributed by atoms with Gasteiger partial charge in [0.2, 0.25) is 0 Å². The molecule has 0 aromatic carbocycles. The third-order valence-electron chi connectivity index (χ3n) is 3.23. The van der Waals surface area contributed by atoms with Gasteiger partial charge in [-0.1, -0.05) is 12.1 Å². The Morgan fingerprint density at radius 2 is 1.18 bits per heavy atom. The minimum Gasteiger partial charge on any atom is -0.360 e. The minimum atomic E-state index is -0.0517. The lowest BCUT2D eigenvalue weighted by molar-refractivity contribution is -0.0442. The van der Waals surface area contributed by atoms with Gasteiger partial charge in [0, 0.05) is 41.5 Å². The Morgan fingerprint density at radius 3 is 1.50 bits per heavy atom. The van der Waals surface area contributed by atoms with Gasteiger partial charge in [0.1, 0.15) is 30.9 Å². The molecular weight excluding hydrogens is 316 g/mol. The van der Waals surface area contributed by atoms with Crippen molar-refractivity contribution >= 4 is 19.0 Å². The van der Waals surface area contributed by atoms with Gasteiger partial charge in [-0.05, 0) is 25.9 Å². The standard InChI is InChI=1S/C14H32N2O4Si2/c1-17-13(18-2)21-11-5-8-16(10-7-15)9-6-12-22-14(19-3)20-4/h13-14H,5-12,15H2,1-4H3. The van der Waals surface area contributed by atoms with Crippen LogP contribution in [0.1, 0.15) is 12.8 Å². The highest BCUT2D eigenvalue weighted by Gasteiger charge is 2.09. The van der Waals surface area contributed by atoms with Crippen LogP contribution < -0.4 is 5.73 Å². The number of nitrogens with zero attached hydrogens (tertiary/aromatic N) is 1. The van der Waals surface area contributed by atoms with Crippen molar-refractivity contribution in [2.75, 3.05) is 54.6 Å². The predicted molar refractivity (Wildman–Crippen MR) is 91.5 cm³/mol. The molecule has 22 heavy (non-hydrogen) atoms. The Morgan fingerprint density at radius 1 is 0.773 bits per heavy atom. The summed E-state index contributed by atoms with van der Waals surface area (Å²) < 4.78 is 20.8. The Labute approximate surface area is 140 Å². The van der Waals surface area contributed by atoms with Crippen LogP contribution in [0.25, 0.3) is 0 Å². The molecule has 8 heteroatoms. The molecule has 0 saturated heterocycles. The van der Waals surface area contributed by atoms with Crippen molar-refractivity contribution in [2.24, 2.45) is 5.73 Å². The third kappa shape index (κ3) is 11.7. The summed E-state index contributed by atoms with van der Waals surface area (Å²) in [5, 5.41) is 0. The van der Waals surface area contributed by atoms with Gasteiger partial charge in [0.25, 0.3) is 0 Å². The molecule has 0 aliphatic heterocycles. The van der Waals surface area contributed by atoms with Crippen molar-refractivity contribution in [2.45, 2.75) is 36.8 Å². The average Bonchev–Trinajstić information content (AvgIpc) is 2.55. The maximum atomic E-state index is 5.70. The summed E-state index contributed by atoms with van der Waals surface area (Å²) in [6, 6.07) is 2.26. The van der Waals surface area contributed by atoms with Crippen LogP contribution >= 0.6 is 0 Å². The molecule has 6 nitrogen and oxygen atoms in total. The van der Waals surface area contributed by atoms with Gasteiger partial charge in [0.05, 0.1) is 0 Å². The molecule has 0 saturated carbocycles. The highest BCUT2D eigenvalue weighted by molar-refractivity contribution is 6.36. The molecule has 0 aliphatic carbocycles. The molecule has 0 rings (SSSR count). The van der Waals surface area contributed by atoms with E-state index in [1.165, 1.54) is 0 Å². The third-order valence-corrected chi connectivity index (χ3v) is 6.12. The Bertz CT molecular complexity index is 213. The zero-order valence-electron chi connectivity index (χ0n) is 14.5. The first kappa shape index (κ1) is 22.2. The van der Waals surface area contributed by atoms with Crippen LogP contribution in [0.5, 0.6) is 0 Å². The molecule has 0 atom stereocenters. The summed E-state index contributed by atoms with van der Waals surface area (Å²) in [6.07, 6.45) is 2.31. The van der Waals surface area contributed by atoms with E-state index in [9.17, 15) is 0 Å². The van der Waals surface area contributed by atoms with Crippen molar-refractivity contribution in [3.05, 3.63) is 0 Å². The molecular formula is C14H32N2O4Si2. The second kappa shape index (κ2) is 16.1. The van der Waals surface area contributed by atoms with Gasteiger partial charge in [0.15, 0.2) is 0 Å². The lowest BCUT2D eigenvalue weighted by Crippen LogP contribution is -2.32. The topological polar surface area (TPSA) is 66.2 Å². The summed E-state index contributed by atoms with van der Waals surface area (Å²) in [6.45, 7) is 3.85. The molecule has 0 aromatic heterocycles. The van der Waals surface area contributed by atoms with Crippen LogP contribution in [0.15, 0.2) is 0 Å². The highest BCUT2D eigenvalue weighted by Crippen LogP contribution is 2.03. The second-order valence-corrected chi connectivity index (χ2v) is 7.61. The van der Waals surface area contributed by atoms with Crippen LogP contribution in [0, 0.1) is 0 Å². The summed E-state index contributed by atoms with van der Waals surface area (Å²) in [5.41, 5.74) is 5.70. The molecule has 0 unspecified atom stereocenters. The van der Waals surface area contributed by atoms with E-state index in [-0.39, 0.29) is 11.8 Å². The highest BCUT2D eigenvalue weighted by atomic mass is 28.2. The van der Waals surface area contributed by atoms with Crippen LogP contribution in [0.3, 0.4) is 0 Å². The number of rotatable bonds is 16. The molecule has 0 amide bonds. The maximum Gasteiger partial charge on any atom is 0.136 e. The fourth-order valence-corrected chi connectivity index (χ4v) is 3.95. The summed E-state index contributed by atoms with van der Waals surface area (Å²) in [4.78, 5) is 2.44. The number of hydrogen-bond acceptors (Lipinski definition) is 6. The molecule has 0 aliphatic rings. The van der Waals surface area contributed by atoms with Gasteiger partial charge in [-0.25, -0.2) is 0 Å². The van der Waals surface area contributed by atoms with E-state index in [4.69, 9.17) is 24.7 Å². The normalized spacial score (nSPS) is 12.0. The number of methoxy groups -OCH3 is 4. The van der Waals surface area contributed by atoms with Crippen molar-refractivity contribution in [3.8, 4) is 0 Å². The van der Waals surface area contributed by atoms with Crippen LogP contribution in [0.4, 0.5) is 0 Å². The molecule has 0 bridgehead atoms. The van der Waals surface area contributed by atoms with Gasteiger partial charge >= 0.3 is 0 Å². The summed E-state index contributed by atoms with van der Waals surface area (Å²) in [7, 11) is 8.14. The van der Waals surface area contributed by atoms with E-state index < -0.39 is 0 Å². The SMILES string of the molecule is COC(OC)[Si]CCCN(CCN)CCC[Si]C(OC)OC. The van der Waals surface area contributed by atoms with Crippen molar-refractivity contribution in [1.82, 2.24) is 4.90 Å². The average molecular weight is 349 g/mol. The van der Waals surface area contributed by atoms with Gasteiger partial charge in [-0.15, -0.1) is 0 Å².